The fourth-order valence-corrected chi connectivity index (χ4v) is 4.28. The van der Waals surface area contributed by atoms with Crippen LogP contribution in [0.25, 0.3) is 0 Å². The van der Waals surface area contributed by atoms with Gasteiger partial charge >= 0.3 is 5.97 Å². The molecule has 1 fully saturated rings. The number of carbonyl (C=O) groups is 1. The first kappa shape index (κ1) is 13.1. The summed E-state index contributed by atoms with van der Waals surface area (Å²) in [5, 5.41) is 0. The third kappa shape index (κ3) is 1.73. The Balaban J connectivity index is 2.47. The number of methoxy groups -OCH3 is 1. The predicted octanol–water partition coefficient (Wildman–Crippen LogP) is 1.86. The molecule has 0 aromatic heterocycles. The lowest BCUT2D eigenvalue weighted by Crippen LogP contribution is -2.52. The van der Waals surface area contributed by atoms with Gasteiger partial charge in [-0.3, -0.25) is 4.79 Å². The Kier molecular flexibility index (Phi) is 3.19. The van der Waals surface area contributed by atoms with Crippen LogP contribution in [0.5, 0.6) is 0 Å². The van der Waals surface area contributed by atoms with Gasteiger partial charge in [0.1, 0.15) is 0 Å². The molecule has 0 bridgehead atoms. The number of ether oxygens (including phenoxy) is 1. The Hall–Kier alpha value is -1.36. The van der Waals surface area contributed by atoms with Gasteiger partial charge in [-0.15, -0.1) is 0 Å². The molecule has 1 aliphatic rings. The molecule has 0 saturated heterocycles. The molecule has 0 N–H and O–H groups in total. The third-order valence-electron chi connectivity index (χ3n) is 3.56. The number of hydrogen-bond acceptors (Lipinski definition) is 4. The molecule has 5 heteroatoms. The van der Waals surface area contributed by atoms with E-state index in [0.29, 0.717) is 12.8 Å². The summed E-state index contributed by atoms with van der Waals surface area (Å²) in [7, 11) is -2.44. The first-order valence-electron chi connectivity index (χ1n) is 5.84. The molecule has 2 rings (SSSR count). The Morgan fingerprint density at radius 3 is 2.17 bits per heavy atom. The zero-order chi connectivity index (χ0) is 13.4. The summed E-state index contributed by atoms with van der Waals surface area (Å²) in [6.07, 6.45) is 1.42. The van der Waals surface area contributed by atoms with Crippen LogP contribution in [0.3, 0.4) is 0 Å². The Labute approximate surface area is 107 Å². The molecule has 1 aromatic rings. The fourth-order valence-electron chi connectivity index (χ4n) is 2.21. The van der Waals surface area contributed by atoms with E-state index < -0.39 is 20.6 Å². The summed E-state index contributed by atoms with van der Waals surface area (Å²) in [4.78, 5) is 12.0. The van der Waals surface area contributed by atoms with Crippen LogP contribution < -0.4 is 0 Å². The van der Waals surface area contributed by atoms with Crippen LogP contribution in [0, 0.1) is 6.92 Å². The van der Waals surface area contributed by atoms with Gasteiger partial charge in [0.15, 0.2) is 14.6 Å². The van der Waals surface area contributed by atoms with E-state index in [1.54, 1.807) is 24.3 Å². The second kappa shape index (κ2) is 4.39. The van der Waals surface area contributed by atoms with Gasteiger partial charge in [0.25, 0.3) is 0 Å². The largest absolute Gasteiger partial charge is 0.468 e. The minimum atomic E-state index is -3.67. The van der Waals surface area contributed by atoms with E-state index in [1.807, 2.05) is 6.92 Å². The molecular weight excluding hydrogens is 252 g/mol. The number of sulfone groups is 1. The van der Waals surface area contributed by atoms with Gasteiger partial charge in [-0.1, -0.05) is 17.7 Å². The summed E-state index contributed by atoms with van der Waals surface area (Å²) in [6.45, 7) is 1.88. The van der Waals surface area contributed by atoms with E-state index in [1.165, 1.54) is 7.11 Å². The smallest absolute Gasteiger partial charge is 0.327 e. The maximum absolute atomic E-state index is 12.5. The van der Waals surface area contributed by atoms with Crippen molar-refractivity contribution in [2.24, 2.45) is 0 Å². The van der Waals surface area contributed by atoms with Crippen LogP contribution in [0.4, 0.5) is 0 Å². The zero-order valence-electron chi connectivity index (χ0n) is 10.5. The Morgan fingerprint density at radius 1 is 1.22 bits per heavy atom. The summed E-state index contributed by atoms with van der Waals surface area (Å²) in [5.41, 5.74) is 0.981. The highest BCUT2D eigenvalue weighted by molar-refractivity contribution is 7.93. The Morgan fingerprint density at radius 2 is 1.78 bits per heavy atom. The van der Waals surface area contributed by atoms with E-state index in [4.69, 9.17) is 0 Å². The van der Waals surface area contributed by atoms with Crippen molar-refractivity contribution in [3.63, 3.8) is 0 Å². The van der Waals surface area contributed by atoms with Crippen LogP contribution in [0.15, 0.2) is 29.2 Å². The van der Waals surface area contributed by atoms with Crippen molar-refractivity contribution in [3.05, 3.63) is 29.8 Å². The summed E-state index contributed by atoms with van der Waals surface area (Å²) >= 11 is 0. The second-order valence-electron chi connectivity index (χ2n) is 4.66. The van der Waals surface area contributed by atoms with Gasteiger partial charge in [0, 0.05) is 0 Å². The van der Waals surface area contributed by atoms with Crippen LogP contribution in [-0.2, 0) is 19.4 Å². The summed E-state index contributed by atoms with van der Waals surface area (Å²) in [5.74, 6) is -0.644. The van der Waals surface area contributed by atoms with Gasteiger partial charge < -0.3 is 4.74 Å². The zero-order valence-corrected chi connectivity index (χ0v) is 11.3. The maximum atomic E-state index is 12.5. The molecule has 18 heavy (non-hydrogen) atoms. The van der Waals surface area contributed by atoms with Crippen molar-refractivity contribution in [1.29, 1.82) is 0 Å². The lowest BCUT2D eigenvalue weighted by Gasteiger charge is -2.37. The van der Waals surface area contributed by atoms with Gasteiger partial charge in [0.05, 0.1) is 12.0 Å². The number of carbonyl (C=O) groups excluding carboxylic acids is 1. The van der Waals surface area contributed by atoms with Crippen molar-refractivity contribution in [1.82, 2.24) is 0 Å². The molecule has 0 amide bonds. The Bertz CT molecular complexity index is 553. The molecule has 0 unspecified atom stereocenters. The topological polar surface area (TPSA) is 60.4 Å². The molecule has 98 valence electrons. The minimum absolute atomic E-state index is 0.193. The molecule has 0 heterocycles. The molecule has 0 radical (unpaired) electrons. The SMILES string of the molecule is COC(=O)C1(S(=O)(=O)c2ccc(C)cc2)CCC1. The van der Waals surface area contributed by atoms with Crippen LogP contribution >= 0.6 is 0 Å². The number of aryl methyl sites for hydroxylation is 1. The molecule has 0 spiro atoms. The molecule has 1 aliphatic carbocycles. The minimum Gasteiger partial charge on any atom is -0.468 e. The highest BCUT2D eigenvalue weighted by atomic mass is 32.2. The van der Waals surface area contributed by atoms with E-state index >= 15 is 0 Å². The lowest BCUT2D eigenvalue weighted by atomic mass is 9.84. The molecular formula is C13H16O4S. The van der Waals surface area contributed by atoms with Crippen molar-refractivity contribution >= 4 is 15.8 Å². The maximum Gasteiger partial charge on any atom is 0.327 e. The molecule has 4 nitrogen and oxygen atoms in total. The van der Waals surface area contributed by atoms with E-state index in [2.05, 4.69) is 4.74 Å². The van der Waals surface area contributed by atoms with Crippen LogP contribution in [0.2, 0.25) is 0 Å². The monoisotopic (exact) mass is 268 g/mol. The van der Waals surface area contributed by atoms with Gasteiger partial charge in [-0.05, 0) is 38.3 Å². The van der Waals surface area contributed by atoms with Crippen LogP contribution in [-0.4, -0.2) is 26.2 Å². The van der Waals surface area contributed by atoms with E-state index in [9.17, 15) is 13.2 Å². The van der Waals surface area contributed by atoms with Gasteiger partial charge in [-0.2, -0.15) is 0 Å². The highest BCUT2D eigenvalue weighted by Gasteiger charge is 2.56. The van der Waals surface area contributed by atoms with Crippen LogP contribution in [0.1, 0.15) is 24.8 Å². The fraction of sp³-hybridized carbons (Fsp3) is 0.462. The standard InChI is InChI=1S/C13H16O4S/c1-10-4-6-11(7-5-10)18(15,16)13(8-3-9-13)12(14)17-2/h4-7H,3,8-9H2,1-2H3. The summed E-state index contributed by atoms with van der Waals surface area (Å²) in [6, 6.07) is 6.56. The van der Waals surface area contributed by atoms with Crippen molar-refractivity contribution in [2.45, 2.75) is 35.8 Å². The molecule has 1 aromatic carbocycles. The average molecular weight is 268 g/mol. The second-order valence-corrected chi connectivity index (χ2v) is 6.92. The van der Waals surface area contributed by atoms with Crippen molar-refractivity contribution in [3.8, 4) is 0 Å². The molecule has 0 atom stereocenters. The average Bonchev–Trinajstić information content (AvgIpc) is 2.27. The summed E-state index contributed by atoms with van der Waals surface area (Å²) < 4.78 is 28.4. The number of benzene rings is 1. The van der Waals surface area contributed by atoms with Crippen molar-refractivity contribution in [2.75, 3.05) is 7.11 Å². The first-order chi connectivity index (χ1) is 8.44. The van der Waals surface area contributed by atoms with Gasteiger partial charge in [0.2, 0.25) is 0 Å². The van der Waals surface area contributed by atoms with Gasteiger partial charge in [-0.25, -0.2) is 8.42 Å². The number of hydrogen-bond donors (Lipinski definition) is 0. The third-order valence-corrected chi connectivity index (χ3v) is 6.06. The molecule has 1 saturated carbocycles. The highest BCUT2D eigenvalue weighted by Crippen LogP contribution is 2.43. The molecule has 0 aliphatic heterocycles. The van der Waals surface area contributed by atoms with E-state index in [-0.39, 0.29) is 4.90 Å². The normalized spacial score (nSPS) is 17.9. The van der Waals surface area contributed by atoms with Crippen molar-refractivity contribution < 1.29 is 17.9 Å². The first-order valence-corrected chi connectivity index (χ1v) is 7.32. The number of esters is 1. The lowest BCUT2D eigenvalue weighted by molar-refractivity contribution is -0.146. The predicted molar refractivity (Wildman–Crippen MR) is 67.0 cm³/mol. The number of rotatable bonds is 3. The quantitative estimate of drug-likeness (QED) is 0.785. The van der Waals surface area contributed by atoms with E-state index in [0.717, 1.165) is 12.0 Å².